The molecular formula is C8H17NO2. The molecule has 0 aliphatic carbocycles. The van der Waals surface area contributed by atoms with Gasteiger partial charge in [0.2, 0.25) is 0 Å². The first-order chi connectivity index (χ1) is 4.95. The Kier molecular flexibility index (Phi) is 4.11. The lowest BCUT2D eigenvalue weighted by Gasteiger charge is -2.17. The lowest BCUT2D eigenvalue weighted by Crippen LogP contribution is -2.32. The number of carbonyl (C=O) groups is 1. The molecule has 0 saturated carbocycles. The van der Waals surface area contributed by atoms with Gasteiger partial charge >= 0.3 is 5.97 Å². The number of hydrogen-bond donors (Lipinski definition) is 2. The average molecular weight is 159 g/mol. The second-order valence-corrected chi connectivity index (χ2v) is 3.40. The molecular weight excluding hydrogens is 142 g/mol. The highest BCUT2D eigenvalue weighted by atomic mass is 16.4. The molecule has 0 aromatic carbocycles. The van der Waals surface area contributed by atoms with Crippen LogP contribution in [0.4, 0.5) is 0 Å². The summed E-state index contributed by atoms with van der Waals surface area (Å²) < 4.78 is 0. The molecule has 1 unspecified atom stereocenters. The normalized spacial score (nSPS) is 16.5. The van der Waals surface area contributed by atoms with Crippen molar-refractivity contribution in [3.63, 3.8) is 0 Å². The highest BCUT2D eigenvalue weighted by molar-refractivity contribution is 5.72. The van der Waals surface area contributed by atoms with Gasteiger partial charge in [0.25, 0.3) is 0 Å². The monoisotopic (exact) mass is 159 g/mol. The maximum absolute atomic E-state index is 10.3. The van der Waals surface area contributed by atoms with E-state index in [1.54, 1.807) is 0 Å². The maximum Gasteiger partial charge on any atom is 0.320 e. The van der Waals surface area contributed by atoms with Crippen molar-refractivity contribution in [1.82, 2.24) is 0 Å². The van der Waals surface area contributed by atoms with Crippen molar-refractivity contribution < 1.29 is 9.90 Å². The smallest absolute Gasteiger partial charge is 0.320 e. The topological polar surface area (TPSA) is 63.3 Å². The van der Waals surface area contributed by atoms with Gasteiger partial charge < -0.3 is 10.8 Å². The summed E-state index contributed by atoms with van der Waals surface area (Å²) in [6, 6.07) is -0.701. The molecule has 2 atom stereocenters. The van der Waals surface area contributed by atoms with Crippen molar-refractivity contribution in [3.05, 3.63) is 0 Å². The summed E-state index contributed by atoms with van der Waals surface area (Å²) in [6.07, 6.45) is 0.562. The summed E-state index contributed by atoms with van der Waals surface area (Å²) in [7, 11) is 0. The summed E-state index contributed by atoms with van der Waals surface area (Å²) >= 11 is 0. The predicted octanol–water partition coefficient (Wildman–Crippen LogP) is 1.08. The van der Waals surface area contributed by atoms with Gasteiger partial charge in [-0.3, -0.25) is 4.79 Å². The summed E-state index contributed by atoms with van der Waals surface area (Å²) in [5.41, 5.74) is 5.36. The molecule has 0 saturated heterocycles. The molecule has 0 aliphatic heterocycles. The Morgan fingerprint density at radius 3 is 2.18 bits per heavy atom. The standard InChI is InChI=1S/C8H17NO2/c1-5(2)6(3)4-7(9)8(10)11/h5-7H,4,9H2,1-3H3,(H,10,11)/t6?,7-/m0/s1. The number of carboxylic acid groups (broad SMARTS) is 1. The minimum absolute atomic E-state index is 0.376. The molecule has 3 heteroatoms. The molecule has 0 radical (unpaired) electrons. The zero-order valence-electron chi connectivity index (χ0n) is 7.37. The van der Waals surface area contributed by atoms with Gasteiger partial charge in [-0.05, 0) is 18.3 Å². The first kappa shape index (κ1) is 10.4. The fourth-order valence-electron chi connectivity index (χ4n) is 0.774. The SMILES string of the molecule is CC(C)C(C)C[C@H](N)C(=O)O. The Labute approximate surface area is 67.6 Å². The van der Waals surface area contributed by atoms with Gasteiger partial charge in [0.1, 0.15) is 6.04 Å². The highest BCUT2D eigenvalue weighted by Crippen LogP contribution is 2.14. The van der Waals surface area contributed by atoms with E-state index in [1.807, 2.05) is 6.92 Å². The van der Waals surface area contributed by atoms with Crippen LogP contribution < -0.4 is 5.73 Å². The van der Waals surface area contributed by atoms with Crippen molar-refractivity contribution >= 4 is 5.97 Å². The molecule has 0 aliphatic rings. The molecule has 0 aromatic rings. The van der Waals surface area contributed by atoms with E-state index < -0.39 is 12.0 Å². The van der Waals surface area contributed by atoms with Crippen molar-refractivity contribution in [2.45, 2.75) is 33.2 Å². The fraction of sp³-hybridized carbons (Fsp3) is 0.875. The molecule has 0 rings (SSSR count). The predicted molar refractivity (Wildman–Crippen MR) is 44.2 cm³/mol. The van der Waals surface area contributed by atoms with Gasteiger partial charge in [-0.25, -0.2) is 0 Å². The van der Waals surface area contributed by atoms with Crippen molar-refractivity contribution in [2.24, 2.45) is 17.6 Å². The molecule has 11 heavy (non-hydrogen) atoms. The molecule has 0 heterocycles. The zero-order chi connectivity index (χ0) is 9.02. The Bertz CT molecular complexity index is 134. The van der Waals surface area contributed by atoms with E-state index in [0.29, 0.717) is 18.3 Å². The van der Waals surface area contributed by atoms with E-state index in [9.17, 15) is 4.79 Å². The van der Waals surface area contributed by atoms with E-state index in [0.717, 1.165) is 0 Å². The molecule has 3 nitrogen and oxygen atoms in total. The third-order valence-electron chi connectivity index (χ3n) is 2.08. The molecule has 0 bridgehead atoms. The molecule has 0 amide bonds. The van der Waals surface area contributed by atoms with Crippen molar-refractivity contribution in [2.75, 3.05) is 0 Å². The van der Waals surface area contributed by atoms with Crippen molar-refractivity contribution in [1.29, 1.82) is 0 Å². The quantitative estimate of drug-likeness (QED) is 0.645. The van der Waals surface area contributed by atoms with Crippen molar-refractivity contribution in [3.8, 4) is 0 Å². The number of hydrogen-bond acceptors (Lipinski definition) is 2. The Morgan fingerprint density at radius 2 is 1.91 bits per heavy atom. The van der Waals surface area contributed by atoms with Gasteiger partial charge in [-0.1, -0.05) is 20.8 Å². The van der Waals surface area contributed by atoms with Crippen LogP contribution in [-0.4, -0.2) is 17.1 Å². The summed E-state index contributed by atoms with van der Waals surface area (Å²) in [4.78, 5) is 10.3. The van der Waals surface area contributed by atoms with Crippen LogP contribution in [-0.2, 0) is 4.79 Å². The van der Waals surface area contributed by atoms with E-state index >= 15 is 0 Å². The van der Waals surface area contributed by atoms with Crippen LogP contribution in [0, 0.1) is 11.8 Å². The molecule has 0 fully saturated rings. The lowest BCUT2D eigenvalue weighted by atomic mass is 9.91. The minimum Gasteiger partial charge on any atom is -0.480 e. The van der Waals surface area contributed by atoms with Crippen LogP contribution in [0.5, 0.6) is 0 Å². The van der Waals surface area contributed by atoms with E-state index in [1.165, 1.54) is 0 Å². The third-order valence-corrected chi connectivity index (χ3v) is 2.08. The first-order valence-corrected chi connectivity index (χ1v) is 3.93. The Morgan fingerprint density at radius 1 is 1.45 bits per heavy atom. The largest absolute Gasteiger partial charge is 0.480 e. The van der Waals surface area contributed by atoms with Crippen LogP contribution in [0.1, 0.15) is 27.2 Å². The first-order valence-electron chi connectivity index (χ1n) is 3.93. The average Bonchev–Trinajstić information content (AvgIpc) is 1.87. The zero-order valence-corrected chi connectivity index (χ0v) is 7.37. The number of aliphatic carboxylic acids is 1. The number of rotatable bonds is 4. The van der Waals surface area contributed by atoms with E-state index in [4.69, 9.17) is 10.8 Å². The molecule has 66 valence electrons. The Hall–Kier alpha value is -0.570. The minimum atomic E-state index is -0.905. The maximum atomic E-state index is 10.3. The van der Waals surface area contributed by atoms with Crippen LogP contribution in [0.3, 0.4) is 0 Å². The number of carboxylic acids is 1. The van der Waals surface area contributed by atoms with Gasteiger partial charge in [0.05, 0.1) is 0 Å². The van der Waals surface area contributed by atoms with Gasteiger partial charge in [0.15, 0.2) is 0 Å². The second kappa shape index (κ2) is 4.34. The van der Waals surface area contributed by atoms with Gasteiger partial charge in [-0.15, -0.1) is 0 Å². The van der Waals surface area contributed by atoms with E-state index in [-0.39, 0.29) is 0 Å². The van der Waals surface area contributed by atoms with Crippen LogP contribution >= 0.6 is 0 Å². The summed E-state index contributed by atoms with van der Waals surface area (Å²) in [5.74, 6) is -0.0287. The van der Waals surface area contributed by atoms with Crippen LogP contribution in [0.15, 0.2) is 0 Å². The molecule has 3 N–H and O–H groups in total. The lowest BCUT2D eigenvalue weighted by molar-refractivity contribution is -0.139. The summed E-state index contributed by atoms with van der Waals surface area (Å²) in [5, 5.41) is 8.49. The van der Waals surface area contributed by atoms with E-state index in [2.05, 4.69) is 13.8 Å². The van der Waals surface area contributed by atoms with Crippen LogP contribution in [0.25, 0.3) is 0 Å². The highest BCUT2D eigenvalue weighted by Gasteiger charge is 2.17. The number of nitrogens with two attached hydrogens (primary N) is 1. The molecule has 0 spiro atoms. The second-order valence-electron chi connectivity index (χ2n) is 3.40. The van der Waals surface area contributed by atoms with Crippen LogP contribution in [0.2, 0.25) is 0 Å². The fourth-order valence-corrected chi connectivity index (χ4v) is 0.774. The van der Waals surface area contributed by atoms with Gasteiger partial charge in [0, 0.05) is 0 Å². The summed E-state index contributed by atoms with van der Waals surface area (Å²) in [6.45, 7) is 6.16. The Balaban J connectivity index is 3.75. The third kappa shape index (κ3) is 3.98. The van der Waals surface area contributed by atoms with Gasteiger partial charge in [-0.2, -0.15) is 0 Å². The molecule has 0 aromatic heterocycles.